The lowest BCUT2D eigenvalue weighted by atomic mass is 9.88. The van der Waals surface area contributed by atoms with Gasteiger partial charge in [0.15, 0.2) is 0 Å². The number of rotatable bonds is 2. The zero-order chi connectivity index (χ0) is 15.1. The second-order valence-electron chi connectivity index (χ2n) is 7.71. The first-order chi connectivity index (χ1) is 8.42. The van der Waals surface area contributed by atoms with Crippen molar-refractivity contribution in [3.05, 3.63) is 10.1 Å². The number of nitro groups is 1. The van der Waals surface area contributed by atoms with E-state index in [1.165, 1.54) is 0 Å². The Labute approximate surface area is 117 Å². The van der Waals surface area contributed by atoms with Gasteiger partial charge in [-0.15, -0.1) is 0 Å². The van der Waals surface area contributed by atoms with Crippen molar-refractivity contribution in [2.75, 3.05) is 19.8 Å². The van der Waals surface area contributed by atoms with Crippen LogP contribution in [-0.2, 0) is 0 Å². The third kappa shape index (κ3) is 3.45. The summed E-state index contributed by atoms with van der Waals surface area (Å²) < 4.78 is 0. The molecule has 0 aromatic rings. The predicted molar refractivity (Wildman–Crippen MR) is 77.8 cm³/mol. The number of nitrogens with zero attached hydrogens (tertiary/aromatic N) is 3. The maximum absolute atomic E-state index is 11.6. The molecule has 1 fully saturated rings. The lowest BCUT2D eigenvalue weighted by Crippen LogP contribution is -2.68. The lowest BCUT2D eigenvalue weighted by molar-refractivity contribution is -0.578. The predicted octanol–water partition coefficient (Wildman–Crippen LogP) is 2.58. The molecule has 1 heterocycles. The molecule has 0 amide bonds. The van der Waals surface area contributed by atoms with Gasteiger partial charge in [0.1, 0.15) is 0 Å². The van der Waals surface area contributed by atoms with Crippen molar-refractivity contribution in [3.63, 3.8) is 0 Å². The smallest absolute Gasteiger partial charge is 0.246 e. The number of hydrogen-bond donors (Lipinski definition) is 0. The molecule has 0 bridgehead atoms. The average Bonchev–Trinajstić information content (AvgIpc) is 2.25. The van der Waals surface area contributed by atoms with Gasteiger partial charge >= 0.3 is 0 Å². The zero-order valence-corrected chi connectivity index (χ0v) is 13.5. The summed E-state index contributed by atoms with van der Waals surface area (Å²) in [6.07, 6.45) is 0.569. The third-order valence-corrected chi connectivity index (χ3v) is 4.25. The SMILES string of the molecule is CCC1([N+](=O)[O-])CN(C(C)(C)C)CN(C(C)(C)C)C1. The van der Waals surface area contributed by atoms with E-state index in [9.17, 15) is 10.1 Å². The van der Waals surface area contributed by atoms with Gasteiger partial charge in [0.25, 0.3) is 0 Å². The van der Waals surface area contributed by atoms with Crippen LogP contribution in [0.2, 0.25) is 0 Å². The molecule has 5 nitrogen and oxygen atoms in total. The molecule has 0 atom stereocenters. The molecule has 19 heavy (non-hydrogen) atoms. The molecular formula is C14H29N3O2. The Balaban J connectivity index is 3.13. The zero-order valence-electron chi connectivity index (χ0n) is 13.5. The molecule has 0 saturated carbocycles. The van der Waals surface area contributed by atoms with Crippen molar-refractivity contribution < 1.29 is 4.92 Å². The molecule has 1 aliphatic rings. The van der Waals surface area contributed by atoms with E-state index in [1.807, 2.05) is 6.92 Å². The van der Waals surface area contributed by atoms with E-state index < -0.39 is 5.54 Å². The van der Waals surface area contributed by atoms with Crippen LogP contribution in [0.15, 0.2) is 0 Å². The van der Waals surface area contributed by atoms with E-state index in [1.54, 1.807) is 0 Å². The average molecular weight is 271 g/mol. The van der Waals surface area contributed by atoms with Crippen molar-refractivity contribution in [1.82, 2.24) is 9.80 Å². The molecule has 1 rings (SSSR count). The topological polar surface area (TPSA) is 49.6 Å². The van der Waals surface area contributed by atoms with Crippen molar-refractivity contribution in [2.45, 2.75) is 71.5 Å². The molecule has 112 valence electrons. The van der Waals surface area contributed by atoms with Gasteiger partial charge < -0.3 is 0 Å². The van der Waals surface area contributed by atoms with Crippen LogP contribution in [0.5, 0.6) is 0 Å². The largest absolute Gasteiger partial charge is 0.278 e. The first kappa shape index (κ1) is 16.4. The summed E-state index contributed by atoms with van der Waals surface area (Å²) in [4.78, 5) is 16.0. The van der Waals surface area contributed by atoms with Crippen molar-refractivity contribution in [3.8, 4) is 0 Å². The lowest BCUT2D eigenvalue weighted by Gasteiger charge is -2.51. The first-order valence-electron chi connectivity index (χ1n) is 7.07. The standard InChI is InChI=1S/C14H29N3O2/c1-8-14(17(18)19)9-15(12(2,3)4)11-16(10-14)13(5,6)7/h8-11H2,1-7H3. The monoisotopic (exact) mass is 271 g/mol. The normalized spacial score (nSPS) is 22.5. The van der Waals surface area contributed by atoms with E-state index in [-0.39, 0.29) is 16.0 Å². The minimum absolute atomic E-state index is 0.0552. The molecule has 5 heteroatoms. The minimum atomic E-state index is -0.848. The molecule has 0 aromatic carbocycles. The van der Waals surface area contributed by atoms with Crippen molar-refractivity contribution in [2.24, 2.45) is 0 Å². The van der Waals surface area contributed by atoms with Crippen LogP contribution in [0.3, 0.4) is 0 Å². The Morgan fingerprint density at radius 1 is 1.05 bits per heavy atom. The van der Waals surface area contributed by atoms with Gasteiger partial charge in [-0.05, 0) is 41.5 Å². The number of hydrogen-bond acceptors (Lipinski definition) is 4. The summed E-state index contributed by atoms with van der Waals surface area (Å²) in [5, 5.41) is 11.6. The van der Waals surface area contributed by atoms with Gasteiger partial charge in [0, 0.05) is 22.4 Å². The van der Waals surface area contributed by atoms with Crippen LogP contribution < -0.4 is 0 Å². The van der Waals surface area contributed by atoms with Gasteiger partial charge in [0.05, 0.1) is 19.8 Å². The highest BCUT2D eigenvalue weighted by Gasteiger charge is 2.51. The van der Waals surface area contributed by atoms with Crippen LogP contribution in [-0.4, -0.2) is 51.1 Å². The first-order valence-corrected chi connectivity index (χ1v) is 7.07. The van der Waals surface area contributed by atoms with Gasteiger partial charge in [0.2, 0.25) is 5.54 Å². The second-order valence-corrected chi connectivity index (χ2v) is 7.71. The summed E-state index contributed by atoms with van der Waals surface area (Å²) in [5.41, 5.74) is -0.959. The molecule has 0 unspecified atom stereocenters. The summed E-state index contributed by atoms with van der Waals surface area (Å²) in [7, 11) is 0. The maximum Gasteiger partial charge on any atom is 0.246 e. The summed E-state index contributed by atoms with van der Waals surface area (Å²) in [5.74, 6) is 0. The Bertz CT molecular complexity index is 320. The molecular weight excluding hydrogens is 242 g/mol. The van der Waals surface area contributed by atoms with Crippen LogP contribution in [0.1, 0.15) is 54.9 Å². The molecule has 0 aliphatic carbocycles. The highest BCUT2D eigenvalue weighted by atomic mass is 16.6. The second kappa shape index (κ2) is 5.02. The summed E-state index contributed by atoms with van der Waals surface area (Å²) >= 11 is 0. The van der Waals surface area contributed by atoms with E-state index in [0.29, 0.717) is 19.5 Å². The Morgan fingerprint density at radius 2 is 1.42 bits per heavy atom. The van der Waals surface area contributed by atoms with Gasteiger partial charge in [-0.1, -0.05) is 6.92 Å². The quantitative estimate of drug-likeness (QED) is 0.572. The summed E-state index contributed by atoms with van der Waals surface area (Å²) in [6.45, 7) is 16.5. The van der Waals surface area contributed by atoms with E-state index in [0.717, 1.165) is 6.67 Å². The fourth-order valence-corrected chi connectivity index (χ4v) is 2.43. The third-order valence-electron chi connectivity index (χ3n) is 4.25. The molecule has 0 N–H and O–H groups in total. The van der Waals surface area contributed by atoms with Crippen LogP contribution in [0, 0.1) is 10.1 Å². The fourth-order valence-electron chi connectivity index (χ4n) is 2.43. The molecule has 0 aromatic heterocycles. The molecule has 0 spiro atoms. The van der Waals surface area contributed by atoms with Gasteiger partial charge in [-0.3, -0.25) is 19.9 Å². The van der Waals surface area contributed by atoms with Crippen molar-refractivity contribution >= 4 is 0 Å². The summed E-state index contributed by atoms with van der Waals surface area (Å²) in [6, 6.07) is 0. The Hall–Kier alpha value is -0.680. The molecule has 1 aliphatic heterocycles. The maximum atomic E-state index is 11.6. The van der Waals surface area contributed by atoms with Gasteiger partial charge in [-0.2, -0.15) is 0 Å². The van der Waals surface area contributed by atoms with Crippen LogP contribution >= 0.6 is 0 Å². The minimum Gasteiger partial charge on any atom is -0.278 e. The molecule has 1 saturated heterocycles. The highest BCUT2D eigenvalue weighted by Crippen LogP contribution is 2.31. The van der Waals surface area contributed by atoms with E-state index in [4.69, 9.17) is 0 Å². The van der Waals surface area contributed by atoms with Crippen molar-refractivity contribution in [1.29, 1.82) is 0 Å². The Morgan fingerprint density at radius 3 is 1.63 bits per heavy atom. The van der Waals surface area contributed by atoms with E-state index in [2.05, 4.69) is 51.3 Å². The van der Waals surface area contributed by atoms with Gasteiger partial charge in [-0.25, -0.2) is 0 Å². The van der Waals surface area contributed by atoms with E-state index >= 15 is 0 Å². The Kier molecular flexibility index (Phi) is 4.32. The molecule has 0 radical (unpaired) electrons. The highest BCUT2D eigenvalue weighted by molar-refractivity contribution is 4.96. The van der Waals surface area contributed by atoms with Crippen LogP contribution in [0.25, 0.3) is 0 Å². The van der Waals surface area contributed by atoms with Crippen LogP contribution in [0.4, 0.5) is 0 Å². The fraction of sp³-hybridized carbons (Fsp3) is 1.00.